The van der Waals surface area contributed by atoms with Crippen molar-refractivity contribution in [3.63, 3.8) is 0 Å². The number of nitrogens with two attached hydrogens (primary N) is 1. The van der Waals surface area contributed by atoms with Gasteiger partial charge in [-0.3, -0.25) is 9.59 Å². The lowest BCUT2D eigenvalue weighted by Gasteiger charge is -2.18. The predicted molar refractivity (Wildman–Crippen MR) is 109 cm³/mol. The van der Waals surface area contributed by atoms with Crippen molar-refractivity contribution in [1.82, 2.24) is 5.32 Å². The topological polar surface area (TPSA) is 72.2 Å². The number of alkyl halides is 2. The summed E-state index contributed by atoms with van der Waals surface area (Å²) in [6.45, 7) is 1.95. The largest absolute Gasteiger partial charge is 0.369 e. The molecule has 2 amide bonds. The molecule has 2 atom stereocenters. The van der Waals surface area contributed by atoms with Crippen molar-refractivity contribution >= 4 is 58.2 Å². The van der Waals surface area contributed by atoms with Crippen LogP contribution in [0.25, 0.3) is 0 Å². The van der Waals surface area contributed by atoms with E-state index in [2.05, 4.69) is 5.32 Å². The SMILES string of the molecule is CCNC(=O)c1cc(C2(C(N)=O)C(c3ccc(F)c(Cl)c3)C2(Cl)Cl)cc(F)c1Cl. The van der Waals surface area contributed by atoms with E-state index in [9.17, 15) is 18.4 Å². The first-order chi connectivity index (χ1) is 13.5. The fraction of sp³-hybridized carbons (Fsp3) is 0.263. The minimum atomic E-state index is -1.79. The number of hydrogen-bond donors (Lipinski definition) is 2. The summed E-state index contributed by atoms with van der Waals surface area (Å²) in [6, 6.07) is 5.90. The van der Waals surface area contributed by atoms with Crippen LogP contribution in [-0.4, -0.2) is 22.7 Å². The Kier molecular flexibility index (Phi) is 5.78. The average Bonchev–Trinajstić information content (AvgIpc) is 3.17. The summed E-state index contributed by atoms with van der Waals surface area (Å²) >= 11 is 24.7. The Bertz CT molecular complexity index is 1030. The number of hydrogen-bond acceptors (Lipinski definition) is 2. The first-order valence-corrected chi connectivity index (χ1v) is 9.91. The molecular formula is C19H14Cl4F2N2O2. The van der Waals surface area contributed by atoms with Crippen molar-refractivity contribution in [3.8, 4) is 0 Å². The number of nitrogens with one attached hydrogen (secondary N) is 1. The van der Waals surface area contributed by atoms with E-state index in [1.165, 1.54) is 18.2 Å². The molecule has 1 fully saturated rings. The van der Waals surface area contributed by atoms with Crippen LogP contribution in [0.2, 0.25) is 10.0 Å². The Balaban J connectivity index is 2.21. The average molecular weight is 482 g/mol. The molecule has 0 bridgehead atoms. The summed E-state index contributed by atoms with van der Waals surface area (Å²) in [4.78, 5) is 24.8. The van der Waals surface area contributed by atoms with Crippen LogP contribution in [0.5, 0.6) is 0 Å². The van der Waals surface area contributed by atoms with Gasteiger partial charge in [-0.2, -0.15) is 0 Å². The molecule has 2 unspecified atom stereocenters. The number of rotatable bonds is 5. The van der Waals surface area contributed by atoms with Crippen LogP contribution in [-0.2, 0) is 10.2 Å². The van der Waals surface area contributed by atoms with Gasteiger partial charge < -0.3 is 11.1 Å². The molecule has 4 nitrogen and oxygen atoms in total. The molecule has 0 aromatic heterocycles. The van der Waals surface area contributed by atoms with Gasteiger partial charge in [0.15, 0.2) is 0 Å². The standard InChI is InChI=1S/C19H14Cl4F2N2O2/c1-2-27-16(28)10-6-9(7-13(25)14(10)21)18(17(26)29)15(19(18,22)23)8-3-4-12(24)11(20)5-8/h3-7,15H,2H2,1H3,(H2,26,29)(H,27,28). The maximum atomic E-state index is 14.5. The molecule has 154 valence electrons. The van der Waals surface area contributed by atoms with Crippen molar-refractivity contribution in [2.45, 2.75) is 22.6 Å². The zero-order chi connectivity index (χ0) is 21.7. The van der Waals surface area contributed by atoms with Gasteiger partial charge in [0.05, 0.1) is 15.6 Å². The van der Waals surface area contributed by atoms with E-state index in [1.54, 1.807) is 6.92 Å². The summed E-state index contributed by atoms with van der Waals surface area (Å²) in [5, 5.41) is 1.88. The van der Waals surface area contributed by atoms with Gasteiger partial charge in [0.2, 0.25) is 5.91 Å². The fourth-order valence-electron chi connectivity index (χ4n) is 3.60. The fourth-order valence-corrected chi connectivity index (χ4v) is 5.08. The second-order valence-corrected chi connectivity index (χ2v) is 8.75. The zero-order valence-electron chi connectivity index (χ0n) is 14.8. The van der Waals surface area contributed by atoms with E-state index in [0.717, 1.165) is 12.1 Å². The van der Waals surface area contributed by atoms with Crippen LogP contribution in [0.3, 0.4) is 0 Å². The van der Waals surface area contributed by atoms with Gasteiger partial charge in [-0.25, -0.2) is 8.78 Å². The minimum Gasteiger partial charge on any atom is -0.369 e. The monoisotopic (exact) mass is 480 g/mol. The van der Waals surface area contributed by atoms with E-state index >= 15 is 0 Å². The summed E-state index contributed by atoms with van der Waals surface area (Å²) in [6.07, 6.45) is 0. The molecule has 0 heterocycles. The summed E-state index contributed by atoms with van der Waals surface area (Å²) in [5.74, 6) is -4.17. The van der Waals surface area contributed by atoms with E-state index in [4.69, 9.17) is 52.1 Å². The van der Waals surface area contributed by atoms with Crippen LogP contribution in [0.4, 0.5) is 8.78 Å². The first-order valence-electron chi connectivity index (χ1n) is 8.40. The van der Waals surface area contributed by atoms with Gasteiger partial charge >= 0.3 is 0 Å². The van der Waals surface area contributed by atoms with Gasteiger partial charge in [0, 0.05) is 12.5 Å². The molecule has 10 heteroatoms. The maximum absolute atomic E-state index is 14.5. The van der Waals surface area contributed by atoms with Crippen molar-refractivity contribution in [3.05, 3.63) is 68.7 Å². The number of carbonyl (C=O) groups excluding carboxylic acids is 2. The van der Waals surface area contributed by atoms with Crippen LogP contribution in [0.1, 0.15) is 34.3 Å². The molecule has 0 radical (unpaired) electrons. The highest BCUT2D eigenvalue weighted by Crippen LogP contribution is 2.74. The Labute approximate surface area is 185 Å². The smallest absolute Gasteiger partial charge is 0.252 e. The molecule has 0 saturated heterocycles. The molecule has 0 aliphatic heterocycles. The molecule has 1 aliphatic rings. The number of halogens is 6. The van der Waals surface area contributed by atoms with Gasteiger partial charge in [-0.1, -0.05) is 52.5 Å². The molecule has 0 spiro atoms. The Morgan fingerprint density at radius 2 is 1.79 bits per heavy atom. The van der Waals surface area contributed by atoms with Gasteiger partial charge in [-0.15, -0.1) is 0 Å². The summed E-state index contributed by atoms with van der Waals surface area (Å²) in [5.41, 5.74) is 3.96. The number of carbonyl (C=O) groups is 2. The van der Waals surface area contributed by atoms with Crippen LogP contribution < -0.4 is 11.1 Å². The van der Waals surface area contributed by atoms with Crippen molar-refractivity contribution in [2.24, 2.45) is 5.73 Å². The van der Waals surface area contributed by atoms with E-state index in [-0.39, 0.29) is 22.7 Å². The Morgan fingerprint density at radius 3 is 2.34 bits per heavy atom. The van der Waals surface area contributed by atoms with Crippen molar-refractivity contribution < 1.29 is 18.4 Å². The maximum Gasteiger partial charge on any atom is 0.252 e. The van der Waals surface area contributed by atoms with E-state index < -0.39 is 44.1 Å². The molecule has 1 aliphatic carbocycles. The molecule has 2 aromatic rings. The third kappa shape index (κ3) is 3.26. The van der Waals surface area contributed by atoms with Gasteiger partial charge in [0.1, 0.15) is 21.4 Å². The second-order valence-electron chi connectivity index (χ2n) is 6.58. The third-order valence-corrected chi connectivity index (χ3v) is 6.68. The molecule has 29 heavy (non-hydrogen) atoms. The predicted octanol–water partition coefficient (Wildman–Crippen LogP) is 4.72. The summed E-state index contributed by atoms with van der Waals surface area (Å²) in [7, 11) is 0. The first kappa shape index (κ1) is 22.1. The Morgan fingerprint density at radius 1 is 1.14 bits per heavy atom. The lowest BCUT2D eigenvalue weighted by molar-refractivity contribution is -0.120. The highest BCUT2D eigenvalue weighted by molar-refractivity contribution is 6.55. The second kappa shape index (κ2) is 7.58. The highest BCUT2D eigenvalue weighted by Gasteiger charge is 2.81. The van der Waals surface area contributed by atoms with Gasteiger partial charge in [-0.05, 0) is 42.3 Å². The molecule has 3 N–H and O–H groups in total. The minimum absolute atomic E-state index is 0.0244. The van der Waals surface area contributed by atoms with Crippen LogP contribution in [0.15, 0.2) is 30.3 Å². The van der Waals surface area contributed by atoms with E-state index in [1.807, 2.05) is 0 Å². The molecule has 3 rings (SSSR count). The Hall–Kier alpha value is -1.60. The zero-order valence-corrected chi connectivity index (χ0v) is 17.9. The van der Waals surface area contributed by atoms with Crippen molar-refractivity contribution in [1.29, 1.82) is 0 Å². The highest BCUT2D eigenvalue weighted by atomic mass is 35.5. The normalized spacial score (nSPS) is 22.2. The van der Waals surface area contributed by atoms with Crippen LogP contribution in [0, 0.1) is 11.6 Å². The number of amides is 2. The van der Waals surface area contributed by atoms with Crippen molar-refractivity contribution in [2.75, 3.05) is 6.54 Å². The summed E-state index contributed by atoms with van der Waals surface area (Å²) < 4.78 is 26.3. The molecular weight excluding hydrogens is 468 g/mol. The van der Waals surface area contributed by atoms with E-state index in [0.29, 0.717) is 5.56 Å². The third-order valence-electron chi connectivity index (χ3n) is 4.97. The lowest BCUT2D eigenvalue weighted by atomic mass is 9.88. The molecule has 2 aromatic carbocycles. The van der Waals surface area contributed by atoms with Gasteiger partial charge in [0.25, 0.3) is 5.91 Å². The quantitative estimate of drug-likeness (QED) is 0.606. The lowest BCUT2D eigenvalue weighted by Crippen LogP contribution is -2.34. The number of benzene rings is 2. The molecule has 1 saturated carbocycles. The number of primary amides is 1. The van der Waals surface area contributed by atoms with Crippen LogP contribution >= 0.6 is 46.4 Å².